The number of likely N-dealkylation sites (tertiary alicyclic amines) is 1. The number of aliphatic hydroxyl groups is 1. The summed E-state index contributed by atoms with van der Waals surface area (Å²) in [6, 6.07) is 21.5. The predicted molar refractivity (Wildman–Crippen MR) is 199 cm³/mol. The predicted octanol–water partition coefficient (Wildman–Crippen LogP) is 5.65. The van der Waals surface area contributed by atoms with E-state index in [1.165, 1.54) is 0 Å². The zero-order valence-electron chi connectivity index (χ0n) is 29.7. The maximum absolute atomic E-state index is 15.0. The van der Waals surface area contributed by atoms with Gasteiger partial charge in [0, 0.05) is 31.8 Å². The van der Waals surface area contributed by atoms with E-state index in [2.05, 4.69) is 18.5 Å². The first-order valence-electron chi connectivity index (χ1n) is 18.4. The molecule has 3 fully saturated rings. The number of allylic oxidation sites excluding steroid dienone is 1. The minimum atomic E-state index is -1.18. The Kier molecular flexibility index (Phi) is 11.9. The maximum Gasteiger partial charge on any atom is 0.306 e. The van der Waals surface area contributed by atoms with Gasteiger partial charge in [-0.15, -0.1) is 13.2 Å². The van der Waals surface area contributed by atoms with Crippen LogP contribution in [0, 0.1) is 11.8 Å². The number of aliphatic hydroxyl groups excluding tert-OH is 1. The first-order valence-corrected chi connectivity index (χ1v) is 18.4. The highest BCUT2D eigenvalue weighted by molar-refractivity contribution is 6.05. The third-order valence-electron chi connectivity index (χ3n) is 10.7. The monoisotopic (exact) mass is 707 g/mol. The summed E-state index contributed by atoms with van der Waals surface area (Å²) in [5.74, 6) is -2.97. The Balaban J connectivity index is 1.30. The van der Waals surface area contributed by atoms with Crippen LogP contribution in [-0.4, -0.2) is 77.7 Å². The van der Waals surface area contributed by atoms with Crippen LogP contribution in [0.1, 0.15) is 63.0 Å². The minimum absolute atomic E-state index is 0.0723. The van der Waals surface area contributed by atoms with Gasteiger partial charge >= 0.3 is 5.97 Å². The van der Waals surface area contributed by atoms with Gasteiger partial charge in [0.1, 0.15) is 18.2 Å². The van der Waals surface area contributed by atoms with Crippen LogP contribution in [0.3, 0.4) is 0 Å². The molecule has 0 aliphatic carbocycles. The average molecular weight is 708 g/mol. The lowest BCUT2D eigenvalue weighted by atomic mass is 9.70. The number of fused-ring (bicyclic) bond motifs is 2. The van der Waals surface area contributed by atoms with E-state index in [1.54, 1.807) is 22.0 Å². The number of benzene rings is 3. The van der Waals surface area contributed by atoms with Gasteiger partial charge in [-0.25, -0.2) is 0 Å². The lowest BCUT2D eigenvalue weighted by Gasteiger charge is -2.37. The minimum Gasteiger partial charge on any atom is -0.463 e. The van der Waals surface area contributed by atoms with Crippen molar-refractivity contribution in [3.05, 3.63) is 104 Å². The number of carbonyl (C=O) groups is 4. The Hall–Kier alpha value is -4.80. The highest BCUT2D eigenvalue weighted by atomic mass is 16.5. The second kappa shape index (κ2) is 16.7. The van der Waals surface area contributed by atoms with E-state index >= 15 is 0 Å². The fourth-order valence-electron chi connectivity index (χ4n) is 8.31. The Morgan fingerprint density at radius 3 is 2.50 bits per heavy atom. The summed E-state index contributed by atoms with van der Waals surface area (Å²) in [6.45, 7) is 8.18. The summed E-state index contributed by atoms with van der Waals surface area (Å²) < 4.78 is 12.3. The number of hydrogen-bond acceptors (Lipinski definition) is 7. The molecule has 2 bridgehead atoms. The van der Waals surface area contributed by atoms with E-state index < -0.39 is 41.6 Å². The molecule has 3 aromatic rings. The van der Waals surface area contributed by atoms with Crippen LogP contribution in [-0.2, 0) is 28.7 Å². The summed E-state index contributed by atoms with van der Waals surface area (Å²) >= 11 is 0. The Bertz CT molecular complexity index is 1780. The maximum atomic E-state index is 15.0. The number of hydrogen-bond donors (Lipinski definition) is 2. The van der Waals surface area contributed by atoms with E-state index in [4.69, 9.17) is 9.47 Å². The average Bonchev–Trinajstić information content (AvgIpc) is 3.81. The fraction of sp³-hybridized carbons (Fsp3) is 0.429. The molecular weight excluding hydrogens is 658 g/mol. The van der Waals surface area contributed by atoms with Crippen molar-refractivity contribution in [3.63, 3.8) is 0 Å². The molecule has 0 saturated carbocycles. The highest BCUT2D eigenvalue weighted by Gasteiger charge is 2.74. The van der Waals surface area contributed by atoms with Gasteiger partial charge < -0.3 is 29.7 Å². The number of ether oxygens (including phenoxy) is 2. The standard InChI is InChI=1S/C42H49N3O7/c1-3-5-19-35(47)51-28-33(30-16-9-8-10-17-30)43-39(48)36-34-22-23-42(52-34)37(36)40(49)45(25-13-6-7-14-26-46)38(42)41(50)44(24-4-2)32-21-20-29-15-11-12-18-31(29)27-32/h3-4,8-12,15-18,20-21,27,33-34,36-38,46H,1-2,5-7,13-14,19,22-26,28H2,(H,43,48)/t33-,34+,36-,37-,38+,42-/m0/s1. The summed E-state index contributed by atoms with van der Waals surface area (Å²) in [4.78, 5) is 59.7. The molecule has 3 aromatic carbocycles. The molecule has 6 rings (SSSR count). The lowest BCUT2D eigenvalue weighted by Crippen LogP contribution is -2.56. The van der Waals surface area contributed by atoms with E-state index in [1.807, 2.05) is 72.8 Å². The van der Waals surface area contributed by atoms with E-state index in [0.717, 1.165) is 29.2 Å². The topological polar surface area (TPSA) is 125 Å². The molecule has 6 atom stereocenters. The number of carbonyl (C=O) groups excluding carboxylic acids is 4. The molecule has 10 nitrogen and oxygen atoms in total. The van der Waals surface area contributed by atoms with Crippen molar-refractivity contribution in [2.24, 2.45) is 11.8 Å². The summed E-state index contributed by atoms with van der Waals surface area (Å²) in [5.41, 5.74) is 0.271. The molecular formula is C42H49N3O7. The molecule has 3 aliphatic rings. The van der Waals surface area contributed by atoms with E-state index in [-0.39, 0.29) is 43.9 Å². The molecule has 274 valence electrons. The number of rotatable bonds is 18. The van der Waals surface area contributed by atoms with Crippen molar-refractivity contribution >= 4 is 40.2 Å². The van der Waals surface area contributed by atoms with Crippen LogP contribution in [0.2, 0.25) is 0 Å². The SMILES string of the molecule is C=CCCC(=O)OC[C@H](NC(=O)[C@@H]1[C@H]2C(=O)N(CCCCCCO)[C@H](C(=O)N(CC=C)c3ccc4ccccc4c3)[C@]23CC[C@H]1O3)c1ccccc1. The van der Waals surface area contributed by atoms with Gasteiger partial charge in [0.25, 0.3) is 5.91 Å². The van der Waals surface area contributed by atoms with Crippen LogP contribution < -0.4 is 10.2 Å². The van der Waals surface area contributed by atoms with Crippen molar-refractivity contribution in [2.75, 3.05) is 31.2 Å². The van der Waals surface area contributed by atoms with Crippen LogP contribution in [0.5, 0.6) is 0 Å². The quantitative estimate of drug-likeness (QED) is 0.0995. The molecule has 3 amide bonds. The molecule has 3 heterocycles. The van der Waals surface area contributed by atoms with Crippen molar-refractivity contribution in [3.8, 4) is 0 Å². The van der Waals surface area contributed by atoms with Gasteiger partial charge in [0.05, 0.1) is 24.0 Å². The summed E-state index contributed by atoms with van der Waals surface area (Å²) in [5, 5.41) is 14.4. The molecule has 10 heteroatoms. The number of nitrogens with one attached hydrogen (secondary N) is 1. The van der Waals surface area contributed by atoms with Gasteiger partial charge in [-0.05, 0) is 60.6 Å². The van der Waals surface area contributed by atoms with E-state index in [0.29, 0.717) is 44.3 Å². The van der Waals surface area contributed by atoms with Gasteiger partial charge in [0.2, 0.25) is 11.8 Å². The van der Waals surface area contributed by atoms with Gasteiger partial charge in [-0.3, -0.25) is 19.2 Å². The second-order valence-electron chi connectivity index (χ2n) is 14.0. The third-order valence-corrected chi connectivity index (χ3v) is 10.7. The number of anilines is 1. The number of nitrogens with zero attached hydrogens (tertiary/aromatic N) is 2. The smallest absolute Gasteiger partial charge is 0.306 e. The molecule has 0 radical (unpaired) electrons. The van der Waals surface area contributed by atoms with Gasteiger partial charge in [-0.1, -0.05) is 85.7 Å². The van der Waals surface area contributed by atoms with Crippen LogP contribution in [0.4, 0.5) is 5.69 Å². The first kappa shape index (κ1) is 37.0. The normalized spacial score (nSPS) is 23.6. The van der Waals surface area contributed by atoms with Crippen molar-refractivity contribution < 1.29 is 33.8 Å². The lowest BCUT2D eigenvalue weighted by molar-refractivity contribution is -0.146. The largest absolute Gasteiger partial charge is 0.463 e. The van der Waals surface area contributed by atoms with Crippen molar-refractivity contribution in [1.82, 2.24) is 10.2 Å². The van der Waals surface area contributed by atoms with Gasteiger partial charge in [-0.2, -0.15) is 0 Å². The highest BCUT2D eigenvalue weighted by Crippen LogP contribution is 2.59. The second-order valence-corrected chi connectivity index (χ2v) is 14.0. The van der Waals surface area contributed by atoms with Crippen molar-refractivity contribution in [2.45, 2.75) is 75.2 Å². The van der Waals surface area contributed by atoms with Gasteiger partial charge in [0.15, 0.2) is 0 Å². The Labute approximate surface area is 305 Å². The molecule has 0 aromatic heterocycles. The molecule has 3 saturated heterocycles. The third kappa shape index (κ3) is 7.41. The first-order chi connectivity index (χ1) is 25.3. The molecule has 0 unspecified atom stereocenters. The zero-order valence-corrected chi connectivity index (χ0v) is 29.7. The van der Waals surface area contributed by atoms with Crippen LogP contribution >= 0.6 is 0 Å². The van der Waals surface area contributed by atoms with Crippen LogP contribution in [0.15, 0.2) is 98.1 Å². The van der Waals surface area contributed by atoms with E-state index in [9.17, 15) is 24.3 Å². The Morgan fingerprint density at radius 2 is 1.75 bits per heavy atom. The number of amides is 3. The molecule has 3 aliphatic heterocycles. The summed E-state index contributed by atoms with van der Waals surface area (Å²) in [6.07, 6.45) is 7.33. The van der Waals surface area contributed by atoms with Crippen LogP contribution in [0.25, 0.3) is 10.8 Å². The molecule has 2 N–H and O–H groups in total. The van der Waals surface area contributed by atoms with Crippen molar-refractivity contribution in [1.29, 1.82) is 0 Å². The molecule has 52 heavy (non-hydrogen) atoms. The summed E-state index contributed by atoms with van der Waals surface area (Å²) in [7, 11) is 0. The number of unbranched alkanes of at least 4 members (excludes halogenated alkanes) is 3. The fourth-order valence-corrected chi connectivity index (χ4v) is 8.31. The molecule has 1 spiro atoms. The Morgan fingerprint density at radius 1 is 1.00 bits per heavy atom. The number of esters is 1. The zero-order chi connectivity index (χ0) is 36.7.